The van der Waals surface area contributed by atoms with E-state index in [1.165, 1.54) is 13.8 Å². The molecule has 0 saturated carbocycles. The number of nitrogens with two attached hydrogens (primary N) is 1. The lowest BCUT2D eigenvalue weighted by Crippen LogP contribution is -2.67. The van der Waals surface area contributed by atoms with Crippen LogP contribution in [0.5, 0.6) is 0 Å². The third kappa shape index (κ3) is 1.86. The number of hydrogen-bond donors (Lipinski definition) is 1. The van der Waals surface area contributed by atoms with Crippen LogP contribution in [0.2, 0.25) is 0 Å². The molecule has 1 aliphatic heterocycles. The van der Waals surface area contributed by atoms with Gasteiger partial charge in [0.2, 0.25) is 0 Å². The van der Waals surface area contributed by atoms with Crippen molar-refractivity contribution >= 4 is 15.9 Å². The van der Waals surface area contributed by atoms with Crippen molar-refractivity contribution in [2.24, 2.45) is 5.73 Å². The quantitative estimate of drug-likeness (QED) is 0.613. The van der Waals surface area contributed by atoms with Crippen molar-refractivity contribution in [2.75, 3.05) is 26.3 Å². The Morgan fingerprint density at radius 1 is 1.40 bits per heavy atom. The largest absolute Gasteiger partial charge is 0.378 e. The number of rotatable bonds is 5. The highest BCUT2D eigenvalue weighted by atomic mass is 32.2. The van der Waals surface area contributed by atoms with E-state index in [0.29, 0.717) is 13.2 Å². The minimum absolute atomic E-state index is 0.0740. The first-order valence-corrected chi connectivity index (χ1v) is 6.14. The summed E-state index contributed by atoms with van der Waals surface area (Å²) in [6.07, 6.45) is 0. The smallest absolute Gasteiger partial charge is 0.258 e. The van der Waals surface area contributed by atoms with E-state index in [1.807, 2.05) is 0 Å². The van der Waals surface area contributed by atoms with Crippen LogP contribution in [-0.4, -0.2) is 49.7 Å². The summed E-state index contributed by atoms with van der Waals surface area (Å²) >= 11 is 0. The zero-order valence-electron chi connectivity index (χ0n) is 8.89. The highest BCUT2D eigenvalue weighted by Gasteiger charge is 2.59. The molecule has 0 aromatic carbocycles. The molecule has 1 saturated heterocycles. The first kappa shape index (κ1) is 12.4. The molecule has 6 nitrogen and oxygen atoms in total. The average Bonchev–Trinajstić information content (AvgIpc) is 2.16. The zero-order valence-corrected chi connectivity index (χ0v) is 9.71. The van der Waals surface area contributed by atoms with Crippen LogP contribution in [-0.2, 0) is 19.6 Å². The van der Waals surface area contributed by atoms with Gasteiger partial charge in [-0.1, -0.05) is 0 Å². The number of carbonyl (C=O) groups excluding carboxylic acids is 1. The van der Waals surface area contributed by atoms with Crippen molar-refractivity contribution < 1.29 is 17.9 Å². The summed E-state index contributed by atoms with van der Waals surface area (Å²) in [5.41, 5.74) is 5.19. The molecule has 0 unspecified atom stereocenters. The Bertz CT molecular complexity index is 350. The van der Waals surface area contributed by atoms with Gasteiger partial charge in [0, 0.05) is 6.54 Å². The predicted molar refractivity (Wildman–Crippen MR) is 54.6 cm³/mol. The van der Waals surface area contributed by atoms with Gasteiger partial charge in [0.05, 0.1) is 19.8 Å². The van der Waals surface area contributed by atoms with E-state index in [2.05, 4.69) is 0 Å². The lowest BCUT2D eigenvalue weighted by molar-refractivity contribution is -0.132. The Morgan fingerprint density at radius 3 is 2.47 bits per heavy atom. The van der Waals surface area contributed by atoms with Crippen LogP contribution >= 0.6 is 0 Å². The molecular formula is C8H16N2O4S. The lowest BCUT2D eigenvalue weighted by atomic mass is 10.2. The molecule has 0 atom stereocenters. The monoisotopic (exact) mass is 236 g/mol. The summed E-state index contributed by atoms with van der Waals surface area (Å²) in [4.78, 5) is 11.4. The molecule has 2 N–H and O–H groups in total. The fraction of sp³-hybridized carbons (Fsp3) is 0.875. The number of amides is 1. The highest BCUT2D eigenvalue weighted by Crippen LogP contribution is 2.34. The average molecular weight is 236 g/mol. The number of nitrogens with zero attached hydrogens (tertiary/aromatic N) is 1. The topological polar surface area (TPSA) is 89.7 Å². The second kappa shape index (κ2) is 4.07. The van der Waals surface area contributed by atoms with Crippen LogP contribution in [0.4, 0.5) is 0 Å². The summed E-state index contributed by atoms with van der Waals surface area (Å²) < 4.78 is 27.7. The van der Waals surface area contributed by atoms with Gasteiger partial charge in [-0.3, -0.25) is 4.79 Å². The van der Waals surface area contributed by atoms with Crippen LogP contribution in [0.15, 0.2) is 0 Å². The Hall–Kier alpha value is -0.660. The summed E-state index contributed by atoms with van der Waals surface area (Å²) in [5.74, 6) is -0.376. The van der Waals surface area contributed by atoms with Gasteiger partial charge in [-0.05, 0) is 13.8 Å². The molecule has 15 heavy (non-hydrogen) atoms. The Kier molecular flexibility index (Phi) is 3.37. The standard InChI is InChI=1S/C8H16N2O4S/c1-8(2)7(11)10(15(8,12)13)4-6-14-5-3-9/h3-6,9H2,1-2H3. The van der Waals surface area contributed by atoms with E-state index in [-0.39, 0.29) is 19.1 Å². The maximum Gasteiger partial charge on any atom is 0.258 e. The SMILES string of the molecule is CC1(C)C(=O)N(CCOCCN)S1(=O)=O. The van der Waals surface area contributed by atoms with E-state index >= 15 is 0 Å². The molecule has 0 bridgehead atoms. The fourth-order valence-electron chi connectivity index (χ4n) is 1.31. The second-order valence-electron chi connectivity index (χ2n) is 3.79. The maximum absolute atomic E-state index is 11.6. The van der Waals surface area contributed by atoms with E-state index in [1.54, 1.807) is 0 Å². The Labute approximate surface area is 89.4 Å². The van der Waals surface area contributed by atoms with Crippen molar-refractivity contribution in [1.82, 2.24) is 4.31 Å². The normalized spacial score (nSPS) is 22.6. The minimum Gasteiger partial charge on any atom is -0.378 e. The van der Waals surface area contributed by atoms with Gasteiger partial charge in [-0.25, -0.2) is 12.7 Å². The van der Waals surface area contributed by atoms with Crippen molar-refractivity contribution in [2.45, 2.75) is 18.6 Å². The Morgan fingerprint density at radius 2 is 2.00 bits per heavy atom. The van der Waals surface area contributed by atoms with Crippen LogP contribution in [0.25, 0.3) is 0 Å². The van der Waals surface area contributed by atoms with Crippen molar-refractivity contribution in [3.63, 3.8) is 0 Å². The van der Waals surface area contributed by atoms with Crippen LogP contribution in [0.1, 0.15) is 13.8 Å². The summed E-state index contributed by atoms with van der Waals surface area (Å²) in [6.45, 7) is 3.82. The molecule has 1 amide bonds. The third-order valence-electron chi connectivity index (χ3n) is 2.38. The van der Waals surface area contributed by atoms with Gasteiger partial charge in [-0.15, -0.1) is 0 Å². The van der Waals surface area contributed by atoms with Crippen LogP contribution < -0.4 is 5.73 Å². The van der Waals surface area contributed by atoms with Gasteiger partial charge in [0.25, 0.3) is 15.9 Å². The summed E-state index contributed by atoms with van der Waals surface area (Å²) in [6, 6.07) is 0. The van der Waals surface area contributed by atoms with Gasteiger partial charge in [0.15, 0.2) is 4.75 Å². The fourth-order valence-corrected chi connectivity index (χ4v) is 2.82. The number of ether oxygens (including phenoxy) is 1. The van der Waals surface area contributed by atoms with E-state index in [0.717, 1.165) is 4.31 Å². The molecule has 0 spiro atoms. The first-order chi connectivity index (χ1) is 6.85. The second-order valence-corrected chi connectivity index (χ2v) is 6.21. The van der Waals surface area contributed by atoms with Gasteiger partial charge in [-0.2, -0.15) is 0 Å². The summed E-state index contributed by atoms with van der Waals surface area (Å²) in [5, 5.41) is 0. The molecule has 1 heterocycles. The summed E-state index contributed by atoms with van der Waals surface area (Å²) in [7, 11) is -3.46. The zero-order chi connectivity index (χ0) is 11.7. The molecule has 0 aromatic rings. The molecule has 0 aliphatic carbocycles. The highest BCUT2D eigenvalue weighted by molar-refractivity contribution is 7.94. The lowest BCUT2D eigenvalue weighted by Gasteiger charge is -2.42. The molecule has 1 fully saturated rings. The molecule has 0 radical (unpaired) electrons. The maximum atomic E-state index is 11.6. The molecular weight excluding hydrogens is 220 g/mol. The van der Waals surface area contributed by atoms with Crippen molar-refractivity contribution in [3.8, 4) is 0 Å². The predicted octanol–water partition coefficient (Wildman–Crippen LogP) is -1.09. The van der Waals surface area contributed by atoms with Crippen LogP contribution in [0.3, 0.4) is 0 Å². The molecule has 88 valence electrons. The minimum atomic E-state index is -3.46. The third-order valence-corrected chi connectivity index (χ3v) is 4.77. The van der Waals surface area contributed by atoms with Gasteiger partial charge >= 0.3 is 0 Å². The van der Waals surface area contributed by atoms with E-state index in [4.69, 9.17) is 10.5 Å². The molecule has 7 heteroatoms. The number of carbonyl (C=O) groups is 1. The number of hydrogen-bond acceptors (Lipinski definition) is 5. The van der Waals surface area contributed by atoms with Gasteiger partial charge in [0.1, 0.15) is 0 Å². The van der Waals surface area contributed by atoms with E-state index in [9.17, 15) is 13.2 Å². The van der Waals surface area contributed by atoms with E-state index < -0.39 is 14.8 Å². The van der Waals surface area contributed by atoms with Crippen molar-refractivity contribution in [1.29, 1.82) is 0 Å². The molecule has 0 aromatic heterocycles. The number of sulfonamides is 1. The van der Waals surface area contributed by atoms with Gasteiger partial charge < -0.3 is 10.5 Å². The molecule has 1 rings (SSSR count). The molecule has 1 aliphatic rings. The Balaban J connectivity index is 2.49. The van der Waals surface area contributed by atoms with Crippen molar-refractivity contribution in [3.05, 3.63) is 0 Å². The first-order valence-electron chi connectivity index (χ1n) is 4.70. The van der Waals surface area contributed by atoms with Crippen LogP contribution in [0, 0.1) is 0 Å².